The molecule has 29 heavy (non-hydrogen) atoms. The van der Waals surface area contributed by atoms with Gasteiger partial charge in [0.15, 0.2) is 0 Å². The lowest BCUT2D eigenvalue weighted by Gasteiger charge is -2.19. The zero-order valence-electron chi connectivity index (χ0n) is 16.7. The highest BCUT2D eigenvalue weighted by Gasteiger charge is 2.14. The van der Waals surface area contributed by atoms with Gasteiger partial charge in [0.2, 0.25) is 5.91 Å². The average molecular weight is 406 g/mol. The summed E-state index contributed by atoms with van der Waals surface area (Å²) in [5, 5.41) is 3.01. The summed E-state index contributed by atoms with van der Waals surface area (Å²) in [5.41, 5.74) is 4.34. The van der Waals surface area contributed by atoms with E-state index in [2.05, 4.69) is 36.5 Å². The van der Waals surface area contributed by atoms with Crippen LogP contribution in [0.5, 0.6) is 0 Å². The minimum atomic E-state index is -0.0942. The highest BCUT2D eigenvalue weighted by atomic mass is 32.2. The lowest BCUT2D eigenvalue weighted by molar-refractivity contribution is -0.113. The first-order valence-electron chi connectivity index (χ1n) is 9.95. The number of amides is 1. The molecule has 0 aliphatic heterocycles. The smallest absolute Gasteiger partial charge is 0.234 e. The number of thioether (sulfide) groups is 1. The quantitative estimate of drug-likeness (QED) is 0.438. The molecule has 3 rings (SSSR count). The van der Waals surface area contributed by atoms with Gasteiger partial charge < -0.3 is 10.1 Å². The Labute approximate surface area is 177 Å². The highest BCUT2D eigenvalue weighted by Crippen LogP contribution is 2.26. The molecule has 3 aromatic carbocycles. The van der Waals surface area contributed by atoms with E-state index in [1.54, 1.807) is 11.8 Å². The monoisotopic (exact) mass is 405 g/mol. The maximum absolute atomic E-state index is 12.2. The number of hydrogen-bond donors (Lipinski definition) is 1. The van der Waals surface area contributed by atoms with Crippen molar-refractivity contribution in [1.29, 1.82) is 0 Å². The standard InChI is InChI=1S/C25H27NO2S/c1-2-20-11-9-10-16-23(20)26-24(27)19-29-18-17-28-25(21-12-5-3-6-13-21)22-14-7-4-8-15-22/h3-16,25H,2,17-19H2,1H3,(H,26,27). The maximum atomic E-state index is 12.2. The second-order valence-electron chi connectivity index (χ2n) is 6.68. The number of benzene rings is 3. The molecule has 0 spiro atoms. The normalized spacial score (nSPS) is 10.8. The van der Waals surface area contributed by atoms with Gasteiger partial charge in [-0.1, -0.05) is 85.8 Å². The largest absolute Gasteiger partial charge is 0.368 e. The van der Waals surface area contributed by atoms with Crippen LogP contribution < -0.4 is 5.32 Å². The van der Waals surface area contributed by atoms with Crippen molar-refractivity contribution in [3.05, 3.63) is 102 Å². The molecule has 0 bridgehead atoms. The summed E-state index contributed by atoms with van der Waals surface area (Å²) in [6.07, 6.45) is 0.806. The van der Waals surface area contributed by atoms with E-state index in [9.17, 15) is 4.79 Å². The van der Waals surface area contributed by atoms with Crippen molar-refractivity contribution in [1.82, 2.24) is 0 Å². The molecule has 3 nitrogen and oxygen atoms in total. The Morgan fingerprint density at radius 1 is 0.897 bits per heavy atom. The Balaban J connectivity index is 1.47. The molecule has 1 N–H and O–H groups in total. The molecule has 3 aromatic rings. The number of hydrogen-bond acceptors (Lipinski definition) is 3. The second kappa shape index (κ2) is 11.4. The Morgan fingerprint density at radius 3 is 2.10 bits per heavy atom. The third kappa shape index (κ3) is 6.48. The molecule has 0 aliphatic carbocycles. The summed E-state index contributed by atoms with van der Waals surface area (Å²) in [7, 11) is 0. The van der Waals surface area contributed by atoms with E-state index in [1.807, 2.05) is 60.7 Å². The first-order chi connectivity index (χ1) is 14.3. The van der Waals surface area contributed by atoms with Gasteiger partial charge in [0, 0.05) is 11.4 Å². The van der Waals surface area contributed by atoms with Crippen molar-refractivity contribution < 1.29 is 9.53 Å². The van der Waals surface area contributed by atoms with Crippen molar-refractivity contribution >= 4 is 23.4 Å². The molecule has 4 heteroatoms. The van der Waals surface area contributed by atoms with Crippen LogP contribution in [0.4, 0.5) is 5.69 Å². The van der Waals surface area contributed by atoms with Gasteiger partial charge in [0.05, 0.1) is 12.4 Å². The molecule has 0 aliphatic rings. The summed E-state index contributed by atoms with van der Waals surface area (Å²) in [4.78, 5) is 12.2. The van der Waals surface area contributed by atoms with Crippen LogP contribution in [-0.4, -0.2) is 24.0 Å². The van der Waals surface area contributed by atoms with Gasteiger partial charge in [0.1, 0.15) is 6.10 Å². The molecule has 0 radical (unpaired) electrons. The molecule has 0 heterocycles. The third-order valence-corrected chi connectivity index (χ3v) is 5.54. The zero-order valence-corrected chi connectivity index (χ0v) is 17.5. The summed E-state index contributed by atoms with van der Waals surface area (Å²) in [5.74, 6) is 1.21. The van der Waals surface area contributed by atoms with E-state index in [0.717, 1.165) is 34.6 Å². The van der Waals surface area contributed by atoms with E-state index in [1.165, 1.54) is 0 Å². The van der Waals surface area contributed by atoms with Crippen molar-refractivity contribution in [2.45, 2.75) is 19.4 Å². The SMILES string of the molecule is CCc1ccccc1NC(=O)CSCCOC(c1ccccc1)c1ccccc1. The number of para-hydroxylation sites is 1. The Kier molecular flexibility index (Phi) is 8.35. The van der Waals surface area contributed by atoms with Crippen LogP contribution in [0.3, 0.4) is 0 Å². The molecular weight excluding hydrogens is 378 g/mol. The van der Waals surface area contributed by atoms with Crippen molar-refractivity contribution in [2.24, 2.45) is 0 Å². The van der Waals surface area contributed by atoms with E-state index in [4.69, 9.17) is 4.74 Å². The maximum Gasteiger partial charge on any atom is 0.234 e. The van der Waals surface area contributed by atoms with Crippen LogP contribution in [-0.2, 0) is 16.0 Å². The molecule has 150 valence electrons. The van der Waals surface area contributed by atoms with Crippen LogP contribution in [0, 0.1) is 0 Å². The molecular formula is C25H27NO2S. The van der Waals surface area contributed by atoms with Gasteiger partial charge >= 0.3 is 0 Å². The zero-order chi connectivity index (χ0) is 20.3. The molecule has 0 fully saturated rings. The van der Waals surface area contributed by atoms with Crippen molar-refractivity contribution in [3.63, 3.8) is 0 Å². The first-order valence-corrected chi connectivity index (χ1v) is 11.1. The number of carbonyl (C=O) groups excluding carboxylic acids is 1. The van der Waals surface area contributed by atoms with E-state index >= 15 is 0 Å². The number of carbonyl (C=O) groups is 1. The van der Waals surface area contributed by atoms with Crippen molar-refractivity contribution in [2.75, 3.05) is 23.4 Å². The Morgan fingerprint density at radius 2 is 1.48 bits per heavy atom. The van der Waals surface area contributed by atoms with Gasteiger partial charge in [-0.25, -0.2) is 0 Å². The summed E-state index contributed by atoms with van der Waals surface area (Å²) < 4.78 is 6.20. The van der Waals surface area contributed by atoms with Crippen LogP contribution in [0.15, 0.2) is 84.9 Å². The number of aryl methyl sites for hydroxylation is 1. The minimum absolute atomic E-state index is 0.0265. The predicted molar refractivity (Wildman–Crippen MR) is 122 cm³/mol. The fourth-order valence-electron chi connectivity index (χ4n) is 3.17. The van der Waals surface area contributed by atoms with E-state index < -0.39 is 0 Å². The van der Waals surface area contributed by atoms with Gasteiger partial charge in [0.25, 0.3) is 0 Å². The molecule has 0 unspecified atom stereocenters. The third-order valence-electron chi connectivity index (χ3n) is 4.62. The number of ether oxygens (including phenoxy) is 1. The van der Waals surface area contributed by atoms with Crippen LogP contribution in [0.2, 0.25) is 0 Å². The summed E-state index contributed by atoms with van der Waals surface area (Å²) >= 11 is 1.59. The molecule has 0 saturated heterocycles. The topological polar surface area (TPSA) is 38.3 Å². The fraction of sp³-hybridized carbons (Fsp3) is 0.240. The molecule has 0 atom stereocenters. The second-order valence-corrected chi connectivity index (χ2v) is 7.79. The lowest BCUT2D eigenvalue weighted by atomic mass is 10.0. The van der Waals surface area contributed by atoms with Gasteiger partial charge in [-0.15, -0.1) is 11.8 Å². The van der Waals surface area contributed by atoms with Gasteiger partial charge in [-0.2, -0.15) is 0 Å². The van der Waals surface area contributed by atoms with Crippen molar-refractivity contribution in [3.8, 4) is 0 Å². The fourth-order valence-corrected chi connectivity index (χ4v) is 3.78. The summed E-state index contributed by atoms with van der Waals surface area (Å²) in [6, 6.07) is 28.4. The summed E-state index contributed by atoms with van der Waals surface area (Å²) in [6.45, 7) is 2.67. The van der Waals surface area contributed by atoms with Crippen LogP contribution in [0.25, 0.3) is 0 Å². The first kappa shape index (κ1) is 21.2. The number of rotatable bonds is 10. The van der Waals surface area contributed by atoms with Crippen LogP contribution in [0.1, 0.15) is 29.7 Å². The van der Waals surface area contributed by atoms with Crippen LogP contribution >= 0.6 is 11.8 Å². The van der Waals surface area contributed by atoms with E-state index in [-0.39, 0.29) is 12.0 Å². The van der Waals surface area contributed by atoms with Gasteiger partial charge in [-0.3, -0.25) is 4.79 Å². The minimum Gasteiger partial charge on any atom is -0.368 e. The molecule has 1 amide bonds. The molecule has 0 saturated carbocycles. The van der Waals surface area contributed by atoms with E-state index in [0.29, 0.717) is 12.4 Å². The van der Waals surface area contributed by atoms with Gasteiger partial charge in [-0.05, 0) is 29.2 Å². The highest BCUT2D eigenvalue weighted by molar-refractivity contribution is 7.99. The Bertz CT molecular complexity index is 844. The number of nitrogens with one attached hydrogen (secondary N) is 1. The average Bonchev–Trinajstić information content (AvgIpc) is 2.78. The predicted octanol–water partition coefficient (Wildman–Crippen LogP) is 5.73. The Hall–Kier alpha value is -2.56. The lowest BCUT2D eigenvalue weighted by Crippen LogP contribution is -2.16. The molecule has 0 aromatic heterocycles. The number of anilines is 1.